The molecule has 9 heteroatoms. The van der Waals surface area contributed by atoms with Gasteiger partial charge in [-0.2, -0.15) is 5.10 Å². The number of halogens is 3. The molecule has 1 amide bonds. The third-order valence-corrected chi connectivity index (χ3v) is 5.49. The second-order valence-corrected chi connectivity index (χ2v) is 8.25. The number of carbonyl (C=O) groups excluding carboxylic acids is 2. The molecule has 150 valence electrons. The van der Waals surface area contributed by atoms with E-state index in [0.29, 0.717) is 44.3 Å². The summed E-state index contributed by atoms with van der Waals surface area (Å²) in [5.41, 5.74) is 2.14. The van der Waals surface area contributed by atoms with Crippen molar-refractivity contribution in [3.8, 4) is 5.82 Å². The van der Waals surface area contributed by atoms with Gasteiger partial charge in [0.2, 0.25) is 0 Å². The average Bonchev–Trinajstić information content (AvgIpc) is 3.08. The van der Waals surface area contributed by atoms with Crippen LogP contribution >= 0.6 is 39.1 Å². The number of aryl methyl sites for hydroxylation is 1. The Morgan fingerprint density at radius 3 is 2.73 bits per heavy atom. The van der Waals surface area contributed by atoms with Crippen molar-refractivity contribution in [3.05, 3.63) is 80.0 Å². The first-order valence-electron chi connectivity index (χ1n) is 8.75. The number of carbonyl (C=O) groups is 2. The van der Waals surface area contributed by atoms with Crippen LogP contribution in [0.15, 0.2) is 53.1 Å². The average molecular weight is 504 g/mol. The fraction of sp³-hybridized carbons (Fsp3) is 0.0476. The van der Waals surface area contributed by atoms with Crippen LogP contribution in [0, 0.1) is 6.92 Å². The molecule has 2 heterocycles. The van der Waals surface area contributed by atoms with Gasteiger partial charge in [-0.1, -0.05) is 39.1 Å². The van der Waals surface area contributed by atoms with Crippen LogP contribution in [0.4, 0.5) is 5.69 Å². The first-order valence-corrected chi connectivity index (χ1v) is 10.3. The van der Waals surface area contributed by atoms with Crippen LogP contribution in [-0.4, -0.2) is 27.0 Å². The lowest BCUT2D eigenvalue weighted by Gasteiger charge is -2.13. The van der Waals surface area contributed by atoms with E-state index in [1.807, 2.05) is 6.07 Å². The van der Waals surface area contributed by atoms with Gasteiger partial charge in [-0.15, -0.1) is 0 Å². The third kappa shape index (κ3) is 3.71. The van der Waals surface area contributed by atoms with E-state index in [0.717, 1.165) is 4.47 Å². The Morgan fingerprint density at radius 1 is 1.20 bits per heavy atom. The van der Waals surface area contributed by atoms with Gasteiger partial charge in [-0.05, 0) is 55.0 Å². The van der Waals surface area contributed by atoms with Gasteiger partial charge in [0.05, 0.1) is 16.2 Å². The summed E-state index contributed by atoms with van der Waals surface area (Å²) in [4.78, 5) is 29.2. The number of nitrogens with one attached hydrogen (secondary N) is 1. The molecule has 0 radical (unpaired) electrons. The Morgan fingerprint density at radius 2 is 2.00 bits per heavy atom. The lowest BCUT2D eigenvalue weighted by molar-refractivity contribution is 0.102. The Labute approximate surface area is 189 Å². The molecule has 0 aliphatic carbocycles. The van der Waals surface area contributed by atoms with Crippen molar-refractivity contribution in [3.63, 3.8) is 0 Å². The first-order chi connectivity index (χ1) is 14.4. The quantitative estimate of drug-likeness (QED) is 0.353. The summed E-state index contributed by atoms with van der Waals surface area (Å²) in [6.07, 6.45) is 2.22. The number of rotatable bonds is 4. The highest BCUT2D eigenvalue weighted by molar-refractivity contribution is 9.10. The zero-order chi connectivity index (χ0) is 21.4. The Hall–Kier alpha value is -2.74. The molecule has 0 spiro atoms. The number of aldehydes is 1. The predicted molar refractivity (Wildman–Crippen MR) is 121 cm³/mol. The van der Waals surface area contributed by atoms with E-state index < -0.39 is 5.91 Å². The highest BCUT2D eigenvalue weighted by Gasteiger charge is 2.23. The molecule has 2 aromatic carbocycles. The van der Waals surface area contributed by atoms with Crippen molar-refractivity contribution in [1.82, 2.24) is 14.8 Å². The molecule has 2 aromatic heterocycles. The molecule has 0 aliphatic rings. The topological polar surface area (TPSA) is 76.9 Å². The van der Waals surface area contributed by atoms with Gasteiger partial charge in [0.25, 0.3) is 5.91 Å². The van der Waals surface area contributed by atoms with E-state index in [9.17, 15) is 9.59 Å². The minimum absolute atomic E-state index is 0.234. The molecule has 6 nitrogen and oxygen atoms in total. The van der Waals surface area contributed by atoms with Crippen LogP contribution in [0.3, 0.4) is 0 Å². The molecule has 4 rings (SSSR count). The predicted octanol–water partition coefficient (Wildman–Crippen LogP) is 5.86. The summed E-state index contributed by atoms with van der Waals surface area (Å²) in [6, 6.07) is 11.9. The molecule has 0 saturated heterocycles. The van der Waals surface area contributed by atoms with Gasteiger partial charge in [0.1, 0.15) is 5.69 Å². The number of nitrogens with zero attached hydrogens (tertiary/aromatic N) is 3. The fourth-order valence-corrected chi connectivity index (χ4v) is 4.01. The summed E-state index contributed by atoms with van der Waals surface area (Å²) in [5, 5.41) is 8.70. The second-order valence-electron chi connectivity index (χ2n) is 6.49. The van der Waals surface area contributed by atoms with E-state index >= 15 is 0 Å². The van der Waals surface area contributed by atoms with Crippen molar-refractivity contribution in [2.24, 2.45) is 0 Å². The zero-order valence-electron chi connectivity index (χ0n) is 15.5. The number of amides is 1. The smallest absolute Gasteiger partial charge is 0.275 e. The summed E-state index contributed by atoms with van der Waals surface area (Å²) >= 11 is 15.8. The lowest BCUT2D eigenvalue weighted by atomic mass is 10.1. The van der Waals surface area contributed by atoms with Crippen molar-refractivity contribution >= 4 is 67.9 Å². The molecule has 30 heavy (non-hydrogen) atoms. The molecular weight excluding hydrogens is 491 g/mol. The minimum Gasteiger partial charge on any atom is -0.320 e. The van der Waals surface area contributed by atoms with Gasteiger partial charge in [-0.3, -0.25) is 9.59 Å². The van der Waals surface area contributed by atoms with Crippen molar-refractivity contribution < 1.29 is 9.59 Å². The van der Waals surface area contributed by atoms with E-state index in [1.54, 1.807) is 43.5 Å². The molecular formula is C21H13BrCl2N4O2. The largest absolute Gasteiger partial charge is 0.320 e. The standard InChI is InChI=1S/C21H13BrCl2N4O2/c1-11-7-14(23)8-12(10-29)18(11)26-21(30)19-15-9-13(22)4-5-17(15)27-28(19)20-16(24)3-2-6-25-20/h2-10H,1H3,(H,26,30). The van der Waals surface area contributed by atoms with E-state index in [-0.39, 0.29) is 11.3 Å². The Balaban J connectivity index is 1.91. The molecule has 0 atom stereocenters. The van der Waals surface area contributed by atoms with Crippen LogP contribution in [-0.2, 0) is 0 Å². The second kappa shape index (κ2) is 8.18. The molecule has 0 saturated carbocycles. The summed E-state index contributed by atoms with van der Waals surface area (Å²) < 4.78 is 2.19. The third-order valence-electron chi connectivity index (χ3n) is 4.48. The van der Waals surface area contributed by atoms with Crippen molar-refractivity contribution in [2.45, 2.75) is 6.92 Å². The van der Waals surface area contributed by atoms with Crippen LogP contribution in [0.5, 0.6) is 0 Å². The van der Waals surface area contributed by atoms with E-state index in [4.69, 9.17) is 23.2 Å². The summed E-state index contributed by atoms with van der Waals surface area (Å²) in [5.74, 6) is -0.147. The van der Waals surface area contributed by atoms with Crippen LogP contribution < -0.4 is 5.32 Å². The minimum atomic E-state index is -0.467. The van der Waals surface area contributed by atoms with E-state index in [1.165, 1.54) is 10.7 Å². The fourth-order valence-electron chi connectivity index (χ4n) is 3.17. The van der Waals surface area contributed by atoms with Gasteiger partial charge >= 0.3 is 0 Å². The van der Waals surface area contributed by atoms with Gasteiger partial charge in [-0.25, -0.2) is 9.67 Å². The Kier molecular flexibility index (Phi) is 5.60. The first kappa shape index (κ1) is 20.5. The molecule has 1 N–H and O–H groups in total. The number of aromatic nitrogens is 3. The van der Waals surface area contributed by atoms with Gasteiger partial charge in [0, 0.05) is 26.6 Å². The van der Waals surface area contributed by atoms with Crippen molar-refractivity contribution in [2.75, 3.05) is 5.32 Å². The maximum atomic E-state index is 13.4. The number of anilines is 1. The van der Waals surface area contributed by atoms with Gasteiger partial charge < -0.3 is 5.32 Å². The molecule has 4 aromatic rings. The van der Waals surface area contributed by atoms with Gasteiger partial charge in [0.15, 0.2) is 12.1 Å². The SMILES string of the molecule is Cc1cc(Cl)cc(C=O)c1NC(=O)c1c2cc(Br)ccc2nn1-c1ncccc1Cl. The highest BCUT2D eigenvalue weighted by atomic mass is 79.9. The molecule has 0 unspecified atom stereocenters. The maximum Gasteiger partial charge on any atom is 0.275 e. The number of benzene rings is 2. The number of fused-ring (bicyclic) bond motifs is 1. The molecule has 0 fully saturated rings. The summed E-state index contributed by atoms with van der Waals surface area (Å²) in [6.45, 7) is 1.76. The number of pyridine rings is 1. The van der Waals surface area contributed by atoms with Crippen LogP contribution in [0.2, 0.25) is 10.0 Å². The summed E-state index contributed by atoms with van der Waals surface area (Å²) in [7, 11) is 0. The Bertz CT molecular complexity index is 1320. The van der Waals surface area contributed by atoms with Crippen molar-refractivity contribution in [1.29, 1.82) is 0 Å². The van der Waals surface area contributed by atoms with Crippen LogP contribution in [0.25, 0.3) is 16.7 Å². The number of hydrogen-bond donors (Lipinski definition) is 1. The zero-order valence-corrected chi connectivity index (χ0v) is 18.6. The van der Waals surface area contributed by atoms with E-state index in [2.05, 4.69) is 31.3 Å². The molecule has 0 aliphatic heterocycles. The van der Waals surface area contributed by atoms with Crippen LogP contribution in [0.1, 0.15) is 26.4 Å². The molecule has 0 bridgehead atoms. The normalized spacial score (nSPS) is 10.9. The maximum absolute atomic E-state index is 13.4. The number of hydrogen-bond acceptors (Lipinski definition) is 4. The monoisotopic (exact) mass is 502 g/mol. The lowest BCUT2D eigenvalue weighted by Crippen LogP contribution is -2.19. The highest BCUT2D eigenvalue weighted by Crippen LogP contribution is 2.30.